The minimum Gasteiger partial charge on any atom is -0.381 e. The van der Waals surface area contributed by atoms with Gasteiger partial charge in [0.2, 0.25) is 11.8 Å². The number of hydrogen-bond acceptors (Lipinski definition) is 6. The van der Waals surface area contributed by atoms with Gasteiger partial charge < -0.3 is 15.0 Å². The molecule has 3 heterocycles. The Balaban J connectivity index is 1.29. The molecule has 2 aromatic rings. The number of carbonyl (C=O) groups is 3. The number of morpholine rings is 1. The number of piperidine rings is 1. The molecule has 5 rings (SSSR count). The van der Waals surface area contributed by atoms with E-state index in [0.29, 0.717) is 17.8 Å². The number of ether oxygens (including phenoxy) is 1. The molecule has 2 aromatic carbocycles. The molecule has 2 fully saturated rings. The normalized spacial score (nSPS) is 23.5. The van der Waals surface area contributed by atoms with Gasteiger partial charge in [0, 0.05) is 56.0 Å². The van der Waals surface area contributed by atoms with E-state index < -0.39 is 29.6 Å². The van der Waals surface area contributed by atoms with Crippen molar-refractivity contribution < 1.29 is 24.9 Å². The van der Waals surface area contributed by atoms with Crippen LogP contribution in [0, 0.1) is 5.82 Å². The highest BCUT2D eigenvalue weighted by Gasteiger charge is 2.40. The molecule has 1 unspecified atom stereocenters. The number of benzene rings is 2. The first kappa shape index (κ1) is 21.2. The molecule has 0 aromatic heterocycles. The molecule has 0 radical (unpaired) electrons. The molecule has 3 aliphatic heterocycles. The summed E-state index contributed by atoms with van der Waals surface area (Å²) in [6.07, 6.45) is -0.129. The van der Waals surface area contributed by atoms with Crippen molar-refractivity contribution >= 4 is 23.4 Å². The molecule has 2 saturated heterocycles. The SMILES string of the molecule is [2H]C1(N2Cc3c(NCc4ccc(CN5CCOCC5)cc4)cc(F)cc3C2=O)CCC(=O)NC1=O. The van der Waals surface area contributed by atoms with Crippen LogP contribution in [0.25, 0.3) is 0 Å². The van der Waals surface area contributed by atoms with Gasteiger partial charge in [0.05, 0.1) is 14.6 Å². The summed E-state index contributed by atoms with van der Waals surface area (Å²) in [6, 6.07) is 8.72. The maximum atomic E-state index is 14.4. The second-order valence-electron chi connectivity index (χ2n) is 8.75. The van der Waals surface area contributed by atoms with Crippen molar-refractivity contribution in [2.24, 2.45) is 0 Å². The number of nitrogens with zero attached hydrogens (tertiary/aromatic N) is 2. The molecule has 1 atom stereocenters. The van der Waals surface area contributed by atoms with Gasteiger partial charge >= 0.3 is 0 Å². The van der Waals surface area contributed by atoms with Crippen molar-refractivity contribution in [2.45, 2.75) is 38.5 Å². The van der Waals surface area contributed by atoms with Crippen LogP contribution in [0.15, 0.2) is 36.4 Å². The van der Waals surface area contributed by atoms with Crippen molar-refractivity contribution in [1.29, 1.82) is 0 Å². The summed E-state index contributed by atoms with van der Waals surface area (Å²) in [5.41, 5.74) is 3.32. The molecule has 0 bridgehead atoms. The molecule has 0 saturated carbocycles. The molecular formula is C25H27FN4O4. The summed E-state index contributed by atoms with van der Waals surface area (Å²) in [7, 11) is 0. The largest absolute Gasteiger partial charge is 0.381 e. The smallest absolute Gasteiger partial charge is 0.255 e. The van der Waals surface area contributed by atoms with Crippen molar-refractivity contribution in [3.63, 3.8) is 0 Å². The number of anilines is 1. The van der Waals surface area contributed by atoms with E-state index in [2.05, 4.69) is 27.7 Å². The molecule has 34 heavy (non-hydrogen) atoms. The Morgan fingerprint density at radius 1 is 1.12 bits per heavy atom. The number of carbonyl (C=O) groups excluding carboxylic acids is 3. The fourth-order valence-corrected chi connectivity index (χ4v) is 4.59. The monoisotopic (exact) mass is 467 g/mol. The average molecular weight is 468 g/mol. The van der Waals surface area contributed by atoms with Gasteiger partial charge in [-0.3, -0.25) is 24.6 Å². The third-order valence-electron chi connectivity index (χ3n) is 6.45. The Bertz CT molecular complexity index is 1170. The summed E-state index contributed by atoms with van der Waals surface area (Å²) < 4.78 is 28.4. The second-order valence-corrected chi connectivity index (χ2v) is 8.75. The van der Waals surface area contributed by atoms with Crippen molar-refractivity contribution in [2.75, 3.05) is 31.6 Å². The molecule has 3 amide bonds. The first-order chi connectivity index (χ1) is 16.8. The van der Waals surface area contributed by atoms with Crippen LogP contribution in [0.1, 0.15) is 41.3 Å². The van der Waals surface area contributed by atoms with Gasteiger partial charge in [-0.05, 0) is 29.7 Å². The van der Waals surface area contributed by atoms with Gasteiger partial charge in [0.15, 0.2) is 0 Å². The number of hydrogen-bond donors (Lipinski definition) is 2. The predicted molar refractivity (Wildman–Crippen MR) is 122 cm³/mol. The average Bonchev–Trinajstić information content (AvgIpc) is 3.19. The number of nitrogens with one attached hydrogen (secondary N) is 2. The zero-order valence-corrected chi connectivity index (χ0v) is 18.7. The van der Waals surface area contributed by atoms with E-state index in [1.807, 2.05) is 12.1 Å². The summed E-state index contributed by atoms with van der Waals surface area (Å²) in [4.78, 5) is 40.4. The van der Waals surface area contributed by atoms with Crippen LogP contribution in [0.2, 0.25) is 0 Å². The Labute approximate surface area is 198 Å². The van der Waals surface area contributed by atoms with Gasteiger partial charge in [0.1, 0.15) is 11.8 Å². The van der Waals surface area contributed by atoms with E-state index in [1.54, 1.807) is 0 Å². The maximum Gasteiger partial charge on any atom is 0.255 e. The third kappa shape index (κ3) is 4.67. The number of halogens is 1. The zero-order chi connectivity index (χ0) is 24.6. The van der Waals surface area contributed by atoms with Crippen LogP contribution in [-0.4, -0.2) is 59.8 Å². The Kier molecular flexibility index (Phi) is 5.95. The third-order valence-corrected chi connectivity index (χ3v) is 6.45. The first-order valence-corrected chi connectivity index (χ1v) is 11.4. The lowest BCUT2D eigenvalue weighted by Gasteiger charge is -2.29. The van der Waals surface area contributed by atoms with E-state index >= 15 is 0 Å². The van der Waals surface area contributed by atoms with Gasteiger partial charge in [0.25, 0.3) is 5.91 Å². The van der Waals surface area contributed by atoms with Crippen LogP contribution in [0.4, 0.5) is 10.1 Å². The molecule has 178 valence electrons. The van der Waals surface area contributed by atoms with E-state index in [1.165, 1.54) is 11.6 Å². The number of amides is 3. The van der Waals surface area contributed by atoms with Crippen LogP contribution in [-0.2, 0) is 34.0 Å². The standard InChI is InChI=1S/C25H27FN4O4/c26-18-11-19-20(15-30(25(19)33)22-5-6-23(31)28-24(22)32)21(12-18)27-13-16-1-3-17(4-2-16)14-29-7-9-34-10-8-29/h1-4,11-12,22,27H,5-10,13-15H2,(H,28,31,32)/i22D. The first-order valence-electron chi connectivity index (χ1n) is 11.9. The number of rotatable bonds is 6. The van der Waals surface area contributed by atoms with E-state index in [-0.39, 0.29) is 24.9 Å². The van der Waals surface area contributed by atoms with Crippen molar-refractivity contribution in [3.8, 4) is 0 Å². The lowest BCUT2D eigenvalue weighted by Crippen LogP contribution is -2.52. The summed E-state index contributed by atoms with van der Waals surface area (Å²) in [6.45, 7) is 4.61. The van der Waals surface area contributed by atoms with E-state index in [9.17, 15) is 18.8 Å². The fourth-order valence-electron chi connectivity index (χ4n) is 4.59. The highest BCUT2D eigenvalue weighted by atomic mass is 19.1. The predicted octanol–water partition coefficient (Wildman–Crippen LogP) is 2.03. The molecule has 0 spiro atoms. The Morgan fingerprint density at radius 3 is 2.59 bits per heavy atom. The maximum absolute atomic E-state index is 14.4. The Morgan fingerprint density at radius 2 is 1.85 bits per heavy atom. The van der Waals surface area contributed by atoms with E-state index in [4.69, 9.17) is 6.11 Å². The highest BCUT2D eigenvalue weighted by Crippen LogP contribution is 2.33. The molecule has 3 aliphatic rings. The minimum atomic E-state index is -1.91. The summed E-state index contributed by atoms with van der Waals surface area (Å²) in [5, 5.41) is 5.35. The van der Waals surface area contributed by atoms with Crippen LogP contribution in [0.5, 0.6) is 0 Å². The topological polar surface area (TPSA) is 91.0 Å². The van der Waals surface area contributed by atoms with Crippen LogP contribution >= 0.6 is 0 Å². The molecule has 2 N–H and O–H groups in total. The lowest BCUT2D eigenvalue weighted by atomic mass is 10.0. The zero-order valence-electron chi connectivity index (χ0n) is 19.7. The van der Waals surface area contributed by atoms with Gasteiger partial charge in [-0.15, -0.1) is 0 Å². The van der Waals surface area contributed by atoms with Gasteiger partial charge in [-0.1, -0.05) is 24.3 Å². The minimum absolute atomic E-state index is 0.0135. The number of fused-ring (bicyclic) bond motifs is 1. The summed E-state index contributed by atoms with van der Waals surface area (Å²) >= 11 is 0. The quantitative estimate of drug-likeness (QED) is 0.632. The highest BCUT2D eigenvalue weighted by molar-refractivity contribution is 6.06. The fraction of sp³-hybridized carbons (Fsp3) is 0.400. The summed E-state index contributed by atoms with van der Waals surface area (Å²) in [5.74, 6) is -2.47. The van der Waals surface area contributed by atoms with E-state index in [0.717, 1.165) is 49.4 Å². The van der Waals surface area contributed by atoms with Crippen molar-refractivity contribution in [3.05, 3.63) is 64.5 Å². The van der Waals surface area contributed by atoms with Gasteiger partial charge in [-0.2, -0.15) is 0 Å². The number of imide groups is 1. The van der Waals surface area contributed by atoms with Gasteiger partial charge in [-0.25, -0.2) is 4.39 Å². The van der Waals surface area contributed by atoms with Crippen molar-refractivity contribution in [1.82, 2.24) is 15.1 Å². The molecule has 8 nitrogen and oxygen atoms in total. The Hall–Kier alpha value is -3.30. The molecule has 9 heteroatoms. The molecule has 0 aliphatic carbocycles. The second kappa shape index (κ2) is 9.52. The lowest BCUT2D eigenvalue weighted by molar-refractivity contribution is -0.136. The van der Waals surface area contributed by atoms with Crippen LogP contribution < -0.4 is 10.6 Å². The molecular weight excluding hydrogens is 439 g/mol. The van der Waals surface area contributed by atoms with Crippen LogP contribution in [0.3, 0.4) is 0 Å².